The molecule has 19 heavy (non-hydrogen) atoms. The third-order valence-corrected chi connectivity index (χ3v) is 3.29. The first-order valence-electron chi connectivity index (χ1n) is 6.17. The molecule has 0 aromatic heterocycles. The first-order valence-corrected chi connectivity index (χ1v) is 7.33. The highest BCUT2D eigenvalue weighted by Gasteiger charge is 2.02. The maximum Gasteiger partial charge on any atom is 0.166 e. The average molecular weight is 321 g/mol. The molecule has 1 aromatic rings. The van der Waals surface area contributed by atoms with E-state index in [0.29, 0.717) is 21.7 Å². The number of rotatable bonds is 7. The Bertz CT molecular complexity index is 416. The van der Waals surface area contributed by atoms with Crippen LogP contribution in [0.5, 0.6) is 0 Å². The van der Waals surface area contributed by atoms with Crippen LogP contribution in [0.25, 0.3) is 0 Å². The fourth-order valence-electron chi connectivity index (χ4n) is 1.42. The normalized spacial score (nSPS) is 10.3. The van der Waals surface area contributed by atoms with Gasteiger partial charge in [0.15, 0.2) is 5.11 Å². The van der Waals surface area contributed by atoms with Crippen LogP contribution in [-0.4, -0.2) is 24.9 Å². The van der Waals surface area contributed by atoms with Gasteiger partial charge in [0.05, 0.1) is 0 Å². The van der Waals surface area contributed by atoms with Crippen LogP contribution < -0.4 is 10.6 Å². The first-order chi connectivity index (χ1) is 9.13. The molecule has 0 fully saturated rings. The van der Waals surface area contributed by atoms with Gasteiger partial charge in [-0.05, 0) is 43.3 Å². The van der Waals surface area contributed by atoms with Crippen molar-refractivity contribution >= 4 is 40.5 Å². The van der Waals surface area contributed by atoms with E-state index in [0.717, 1.165) is 31.7 Å². The minimum absolute atomic E-state index is 0.577. The Hall–Kier alpha value is -0.550. The quantitative estimate of drug-likeness (QED) is 0.596. The lowest BCUT2D eigenvalue weighted by molar-refractivity contribution is 0.145. The summed E-state index contributed by atoms with van der Waals surface area (Å²) in [5, 5.41) is 8.10. The molecule has 6 heteroatoms. The summed E-state index contributed by atoms with van der Waals surface area (Å²) in [4.78, 5) is 0. The van der Waals surface area contributed by atoms with E-state index in [4.69, 9.17) is 40.2 Å². The van der Waals surface area contributed by atoms with Crippen molar-refractivity contribution in [1.82, 2.24) is 10.6 Å². The van der Waals surface area contributed by atoms with Crippen molar-refractivity contribution in [1.29, 1.82) is 0 Å². The fraction of sp³-hybridized carbons (Fsp3) is 0.462. The molecular formula is C13H18Cl2N2OS. The molecule has 1 rings (SSSR count). The van der Waals surface area contributed by atoms with E-state index in [2.05, 4.69) is 10.6 Å². The Labute approximate surface area is 129 Å². The van der Waals surface area contributed by atoms with Crippen molar-refractivity contribution in [3.05, 3.63) is 33.8 Å². The lowest BCUT2D eigenvalue weighted by Crippen LogP contribution is -2.35. The maximum atomic E-state index is 6.07. The zero-order chi connectivity index (χ0) is 14.1. The molecule has 2 N–H and O–H groups in total. The van der Waals surface area contributed by atoms with E-state index in [1.54, 1.807) is 6.07 Å². The van der Waals surface area contributed by atoms with Gasteiger partial charge in [0.2, 0.25) is 0 Å². The van der Waals surface area contributed by atoms with Crippen LogP contribution in [0.4, 0.5) is 0 Å². The molecule has 0 aliphatic carbocycles. The molecule has 0 spiro atoms. The van der Waals surface area contributed by atoms with Crippen molar-refractivity contribution in [3.8, 4) is 0 Å². The number of benzene rings is 1. The van der Waals surface area contributed by atoms with Gasteiger partial charge in [0.1, 0.15) is 0 Å². The summed E-state index contributed by atoms with van der Waals surface area (Å²) >= 11 is 17.1. The van der Waals surface area contributed by atoms with E-state index in [1.165, 1.54) is 0 Å². The van der Waals surface area contributed by atoms with Gasteiger partial charge in [-0.25, -0.2) is 0 Å². The van der Waals surface area contributed by atoms with E-state index >= 15 is 0 Å². The lowest BCUT2D eigenvalue weighted by atomic mass is 10.2. The third kappa shape index (κ3) is 6.97. The summed E-state index contributed by atoms with van der Waals surface area (Å²) in [6.07, 6.45) is 0.928. The Kier molecular flexibility index (Phi) is 8.14. The van der Waals surface area contributed by atoms with Crippen LogP contribution in [0.2, 0.25) is 10.0 Å². The second-order valence-corrected chi connectivity index (χ2v) is 5.15. The van der Waals surface area contributed by atoms with Crippen molar-refractivity contribution < 1.29 is 4.74 Å². The van der Waals surface area contributed by atoms with Crippen molar-refractivity contribution in [2.75, 3.05) is 19.8 Å². The van der Waals surface area contributed by atoms with Crippen molar-refractivity contribution in [2.24, 2.45) is 0 Å². The second kappa shape index (κ2) is 9.37. The minimum Gasteiger partial charge on any atom is -0.382 e. The molecule has 0 radical (unpaired) electrons. The molecule has 3 nitrogen and oxygen atoms in total. The van der Waals surface area contributed by atoms with E-state index in [9.17, 15) is 0 Å². The summed E-state index contributed by atoms with van der Waals surface area (Å²) in [6, 6.07) is 5.41. The van der Waals surface area contributed by atoms with Crippen LogP contribution in [0, 0.1) is 0 Å². The van der Waals surface area contributed by atoms with Gasteiger partial charge < -0.3 is 15.4 Å². The van der Waals surface area contributed by atoms with Gasteiger partial charge in [-0.3, -0.25) is 0 Å². The predicted octanol–water partition coefficient (Wildman–Crippen LogP) is 3.38. The molecule has 0 saturated heterocycles. The molecule has 0 atom stereocenters. The van der Waals surface area contributed by atoms with Crippen LogP contribution in [-0.2, 0) is 11.3 Å². The number of halogens is 2. The molecular weight excluding hydrogens is 303 g/mol. The second-order valence-electron chi connectivity index (χ2n) is 3.90. The van der Waals surface area contributed by atoms with Crippen molar-refractivity contribution in [2.45, 2.75) is 19.9 Å². The van der Waals surface area contributed by atoms with Crippen LogP contribution in [0.15, 0.2) is 18.2 Å². The molecule has 0 aliphatic heterocycles. The summed E-state index contributed by atoms with van der Waals surface area (Å²) < 4.78 is 5.24. The number of nitrogens with one attached hydrogen (secondary N) is 2. The predicted molar refractivity (Wildman–Crippen MR) is 85.0 cm³/mol. The number of ether oxygens (including phenoxy) is 1. The molecule has 0 saturated carbocycles. The highest BCUT2D eigenvalue weighted by atomic mass is 35.5. The molecule has 0 unspecified atom stereocenters. The number of hydrogen-bond acceptors (Lipinski definition) is 2. The zero-order valence-corrected chi connectivity index (χ0v) is 13.2. The van der Waals surface area contributed by atoms with E-state index in [-0.39, 0.29) is 0 Å². The van der Waals surface area contributed by atoms with Crippen LogP contribution in [0.1, 0.15) is 18.9 Å². The summed E-state index contributed by atoms with van der Waals surface area (Å²) in [6.45, 7) is 4.84. The monoisotopic (exact) mass is 320 g/mol. The maximum absolute atomic E-state index is 6.07. The number of thiocarbonyl (C=S) groups is 1. The Morgan fingerprint density at radius 3 is 2.79 bits per heavy atom. The highest BCUT2D eigenvalue weighted by Crippen LogP contribution is 2.20. The third-order valence-electron chi connectivity index (χ3n) is 2.41. The molecule has 0 amide bonds. The van der Waals surface area contributed by atoms with Gasteiger partial charge >= 0.3 is 0 Å². The standard InChI is InChI=1S/C13H18Cl2N2OS/c1-2-18-7-3-6-16-13(19)17-9-10-4-5-11(14)8-12(10)15/h4-5,8H,2-3,6-7,9H2,1H3,(H2,16,17,19). The molecule has 1 aromatic carbocycles. The Morgan fingerprint density at radius 1 is 1.32 bits per heavy atom. The summed E-state index contributed by atoms with van der Waals surface area (Å²) in [5.41, 5.74) is 0.963. The summed E-state index contributed by atoms with van der Waals surface area (Å²) in [5.74, 6) is 0. The zero-order valence-electron chi connectivity index (χ0n) is 10.8. The summed E-state index contributed by atoms with van der Waals surface area (Å²) in [7, 11) is 0. The van der Waals surface area contributed by atoms with Gasteiger partial charge in [-0.1, -0.05) is 29.3 Å². The van der Waals surface area contributed by atoms with E-state index in [1.807, 2.05) is 19.1 Å². The van der Waals surface area contributed by atoms with Gasteiger partial charge in [-0.15, -0.1) is 0 Å². The lowest BCUT2D eigenvalue weighted by Gasteiger charge is -2.11. The first kappa shape index (κ1) is 16.5. The largest absolute Gasteiger partial charge is 0.382 e. The smallest absolute Gasteiger partial charge is 0.166 e. The van der Waals surface area contributed by atoms with E-state index < -0.39 is 0 Å². The fourth-order valence-corrected chi connectivity index (χ4v) is 2.07. The van der Waals surface area contributed by atoms with Crippen molar-refractivity contribution in [3.63, 3.8) is 0 Å². The average Bonchev–Trinajstić information content (AvgIpc) is 2.37. The molecule has 0 aliphatic rings. The highest BCUT2D eigenvalue weighted by molar-refractivity contribution is 7.80. The van der Waals surface area contributed by atoms with Crippen LogP contribution >= 0.6 is 35.4 Å². The Balaban J connectivity index is 2.22. The van der Waals surface area contributed by atoms with Crippen LogP contribution in [0.3, 0.4) is 0 Å². The SMILES string of the molecule is CCOCCCNC(=S)NCc1ccc(Cl)cc1Cl. The number of hydrogen-bond donors (Lipinski definition) is 2. The molecule has 106 valence electrons. The molecule has 0 bridgehead atoms. The van der Waals surface area contributed by atoms with Gasteiger partial charge in [0, 0.05) is 36.3 Å². The minimum atomic E-state index is 0.577. The van der Waals surface area contributed by atoms with Gasteiger partial charge in [0.25, 0.3) is 0 Å². The topological polar surface area (TPSA) is 33.3 Å². The molecule has 0 heterocycles. The van der Waals surface area contributed by atoms with Gasteiger partial charge in [-0.2, -0.15) is 0 Å². The Morgan fingerprint density at radius 2 is 2.11 bits per heavy atom.